The molecule has 5 heteroatoms. The Hall–Kier alpha value is -1.75. The first-order chi connectivity index (χ1) is 9.72. The third kappa shape index (κ3) is 3.87. The minimum Gasteiger partial charge on any atom is -0.495 e. The molecular weight excluding hydrogens is 318 g/mol. The largest absolute Gasteiger partial charge is 0.495 e. The zero-order chi connectivity index (χ0) is 14.4. The van der Waals surface area contributed by atoms with Gasteiger partial charge in [-0.25, -0.2) is 4.98 Å². The molecule has 0 saturated carbocycles. The van der Waals surface area contributed by atoms with Crippen LogP contribution in [0.4, 0.5) is 17.3 Å². The highest BCUT2D eigenvalue weighted by Gasteiger charge is 2.05. The first kappa shape index (κ1) is 14.7. The molecule has 0 radical (unpaired) electrons. The summed E-state index contributed by atoms with van der Waals surface area (Å²) in [4.78, 5) is 4.52. The number of benzene rings is 1. The van der Waals surface area contributed by atoms with Crippen LogP contribution in [0.25, 0.3) is 0 Å². The Morgan fingerprint density at radius 2 is 2.00 bits per heavy atom. The zero-order valence-corrected chi connectivity index (χ0v) is 13.2. The van der Waals surface area contributed by atoms with Gasteiger partial charge in [0.15, 0.2) is 0 Å². The van der Waals surface area contributed by atoms with Crippen LogP contribution >= 0.6 is 15.9 Å². The van der Waals surface area contributed by atoms with E-state index < -0.39 is 0 Å². The maximum absolute atomic E-state index is 5.34. The molecule has 0 amide bonds. The maximum atomic E-state index is 5.34. The first-order valence-corrected chi connectivity index (χ1v) is 7.33. The lowest BCUT2D eigenvalue weighted by molar-refractivity contribution is 0.416. The average molecular weight is 336 g/mol. The van der Waals surface area contributed by atoms with E-state index in [0.717, 1.165) is 40.5 Å². The van der Waals surface area contributed by atoms with E-state index >= 15 is 0 Å². The van der Waals surface area contributed by atoms with Crippen molar-refractivity contribution in [1.82, 2.24) is 4.98 Å². The van der Waals surface area contributed by atoms with Crippen molar-refractivity contribution in [2.24, 2.45) is 0 Å². The molecule has 1 aromatic carbocycles. The van der Waals surface area contributed by atoms with E-state index in [0.29, 0.717) is 0 Å². The molecule has 0 unspecified atom stereocenters. The van der Waals surface area contributed by atoms with Crippen molar-refractivity contribution < 1.29 is 4.74 Å². The molecule has 2 rings (SSSR count). The quantitative estimate of drug-likeness (QED) is 0.820. The highest BCUT2D eigenvalue weighted by molar-refractivity contribution is 9.10. The summed E-state index contributed by atoms with van der Waals surface area (Å²) in [6.07, 6.45) is 1.07. The van der Waals surface area contributed by atoms with Gasteiger partial charge in [0.05, 0.1) is 12.8 Å². The van der Waals surface area contributed by atoms with Crippen LogP contribution in [0.3, 0.4) is 0 Å². The Morgan fingerprint density at radius 3 is 2.75 bits per heavy atom. The van der Waals surface area contributed by atoms with Crippen molar-refractivity contribution in [3.63, 3.8) is 0 Å². The molecule has 4 nitrogen and oxygen atoms in total. The van der Waals surface area contributed by atoms with Crippen LogP contribution in [0.15, 0.2) is 40.9 Å². The minimum atomic E-state index is 0.780. The number of nitrogens with one attached hydrogen (secondary N) is 2. The topological polar surface area (TPSA) is 46.2 Å². The van der Waals surface area contributed by atoms with Gasteiger partial charge in [-0.15, -0.1) is 0 Å². The lowest BCUT2D eigenvalue weighted by Crippen LogP contribution is -2.03. The SMILES string of the molecule is CCCNc1cccc(Nc2cc(Br)ccc2OC)n1. The number of aromatic nitrogens is 1. The lowest BCUT2D eigenvalue weighted by Gasteiger charge is -2.12. The number of anilines is 3. The van der Waals surface area contributed by atoms with Gasteiger partial charge in [0.1, 0.15) is 17.4 Å². The molecule has 2 aromatic rings. The van der Waals surface area contributed by atoms with Gasteiger partial charge < -0.3 is 15.4 Å². The van der Waals surface area contributed by atoms with Crippen molar-refractivity contribution >= 4 is 33.3 Å². The second kappa shape index (κ2) is 7.14. The summed E-state index contributed by atoms with van der Waals surface area (Å²) < 4.78 is 6.33. The third-order valence-corrected chi connectivity index (χ3v) is 3.22. The molecule has 2 N–H and O–H groups in total. The van der Waals surface area contributed by atoms with E-state index in [1.54, 1.807) is 7.11 Å². The van der Waals surface area contributed by atoms with Crippen LogP contribution in [0.2, 0.25) is 0 Å². The van der Waals surface area contributed by atoms with Gasteiger partial charge in [0.2, 0.25) is 0 Å². The number of pyridine rings is 1. The van der Waals surface area contributed by atoms with Gasteiger partial charge in [0.25, 0.3) is 0 Å². The fourth-order valence-electron chi connectivity index (χ4n) is 1.77. The van der Waals surface area contributed by atoms with E-state index in [1.807, 2.05) is 36.4 Å². The highest BCUT2D eigenvalue weighted by Crippen LogP contribution is 2.30. The Kier molecular flexibility index (Phi) is 5.24. The van der Waals surface area contributed by atoms with E-state index in [-0.39, 0.29) is 0 Å². The number of hydrogen-bond donors (Lipinski definition) is 2. The molecule has 1 aromatic heterocycles. The second-order valence-electron chi connectivity index (χ2n) is 4.30. The van der Waals surface area contributed by atoms with Gasteiger partial charge in [-0.05, 0) is 36.8 Å². The summed E-state index contributed by atoms with van der Waals surface area (Å²) in [5.41, 5.74) is 0.877. The van der Waals surface area contributed by atoms with E-state index in [9.17, 15) is 0 Å². The summed E-state index contributed by atoms with van der Waals surface area (Å²) >= 11 is 3.46. The fourth-order valence-corrected chi connectivity index (χ4v) is 2.13. The van der Waals surface area contributed by atoms with Gasteiger partial charge in [-0.1, -0.05) is 28.9 Å². The third-order valence-electron chi connectivity index (χ3n) is 2.73. The van der Waals surface area contributed by atoms with E-state index in [1.165, 1.54) is 0 Å². The van der Waals surface area contributed by atoms with Crippen LogP contribution in [0.1, 0.15) is 13.3 Å². The van der Waals surface area contributed by atoms with Crippen molar-refractivity contribution in [1.29, 1.82) is 0 Å². The predicted molar refractivity (Wildman–Crippen MR) is 87.0 cm³/mol. The van der Waals surface area contributed by atoms with Crippen molar-refractivity contribution in [3.8, 4) is 5.75 Å². The molecule has 20 heavy (non-hydrogen) atoms. The van der Waals surface area contributed by atoms with Crippen LogP contribution in [0, 0.1) is 0 Å². The number of halogens is 1. The molecule has 0 aliphatic carbocycles. The minimum absolute atomic E-state index is 0.780. The normalized spacial score (nSPS) is 10.2. The lowest BCUT2D eigenvalue weighted by atomic mass is 10.3. The number of nitrogens with zero attached hydrogens (tertiary/aromatic N) is 1. The van der Waals surface area contributed by atoms with Crippen molar-refractivity contribution in [2.45, 2.75) is 13.3 Å². The monoisotopic (exact) mass is 335 g/mol. The number of methoxy groups -OCH3 is 1. The summed E-state index contributed by atoms with van der Waals surface area (Å²) in [7, 11) is 1.65. The molecule has 106 valence electrons. The zero-order valence-electron chi connectivity index (χ0n) is 11.6. The van der Waals surface area contributed by atoms with E-state index in [4.69, 9.17) is 4.74 Å². The first-order valence-electron chi connectivity index (χ1n) is 6.54. The highest BCUT2D eigenvalue weighted by atomic mass is 79.9. The van der Waals surface area contributed by atoms with Gasteiger partial charge in [0, 0.05) is 11.0 Å². The Morgan fingerprint density at radius 1 is 1.20 bits per heavy atom. The standard InChI is InChI=1S/C15H18BrN3O/c1-3-9-17-14-5-4-6-15(19-14)18-12-10-11(16)7-8-13(12)20-2/h4-8,10H,3,9H2,1-2H3,(H2,17,18,19). The summed E-state index contributed by atoms with van der Waals surface area (Å²) in [5, 5.41) is 6.54. The average Bonchev–Trinajstić information content (AvgIpc) is 2.46. The van der Waals surface area contributed by atoms with Gasteiger partial charge in [-0.2, -0.15) is 0 Å². The number of ether oxygens (including phenoxy) is 1. The van der Waals surface area contributed by atoms with Crippen LogP contribution in [-0.4, -0.2) is 18.6 Å². The van der Waals surface area contributed by atoms with Crippen LogP contribution in [-0.2, 0) is 0 Å². The molecule has 1 heterocycles. The molecule has 0 bridgehead atoms. The van der Waals surface area contributed by atoms with Crippen LogP contribution < -0.4 is 15.4 Å². The van der Waals surface area contributed by atoms with Crippen LogP contribution in [0.5, 0.6) is 5.75 Å². The fraction of sp³-hybridized carbons (Fsp3) is 0.267. The smallest absolute Gasteiger partial charge is 0.142 e. The molecule has 0 aliphatic rings. The maximum Gasteiger partial charge on any atom is 0.142 e. The second-order valence-corrected chi connectivity index (χ2v) is 5.22. The molecule has 0 fully saturated rings. The molecule has 0 spiro atoms. The van der Waals surface area contributed by atoms with E-state index in [2.05, 4.69) is 38.5 Å². The number of hydrogen-bond acceptors (Lipinski definition) is 4. The molecule has 0 aliphatic heterocycles. The van der Waals surface area contributed by atoms with Crippen molar-refractivity contribution in [2.75, 3.05) is 24.3 Å². The Balaban J connectivity index is 2.19. The predicted octanol–water partition coefficient (Wildman–Crippen LogP) is 4.42. The number of rotatable bonds is 6. The summed E-state index contributed by atoms with van der Waals surface area (Å²) in [6.45, 7) is 3.04. The Labute approximate surface area is 127 Å². The molecule has 0 atom stereocenters. The Bertz CT molecular complexity index is 575. The van der Waals surface area contributed by atoms with Crippen molar-refractivity contribution in [3.05, 3.63) is 40.9 Å². The summed E-state index contributed by atoms with van der Waals surface area (Å²) in [6, 6.07) is 11.7. The molecule has 0 saturated heterocycles. The molecular formula is C15H18BrN3O. The van der Waals surface area contributed by atoms with Gasteiger partial charge >= 0.3 is 0 Å². The van der Waals surface area contributed by atoms with Gasteiger partial charge in [-0.3, -0.25) is 0 Å². The summed E-state index contributed by atoms with van der Waals surface area (Å²) in [5.74, 6) is 2.43.